The maximum Gasteiger partial charge on any atom is 0.275 e. The predicted molar refractivity (Wildman–Crippen MR) is 134 cm³/mol. The van der Waals surface area contributed by atoms with Crippen molar-refractivity contribution >= 4 is 22.6 Å². The summed E-state index contributed by atoms with van der Waals surface area (Å²) in [6.45, 7) is -0.0353. The highest BCUT2D eigenvalue weighted by molar-refractivity contribution is 6.00. The van der Waals surface area contributed by atoms with E-state index < -0.39 is 24.1 Å². The van der Waals surface area contributed by atoms with Gasteiger partial charge in [-0.05, 0) is 41.3 Å². The number of hydrogen-bond acceptors (Lipinski definition) is 7. The van der Waals surface area contributed by atoms with Crippen LogP contribution in [0.3, 0.4) is 0 Å². The molecule has 9 nitrogen and oxygen atoms in total. The zero-order valence-electron chi connectivity index (χ0n) is 20.3. The third kappa shape index (κ3) is 4.29. The summed E-state index contributed by atoms with van der Waals surface area (Å²) in [5.74, 6) is -0.743. The van der Waals surface area contributed by atoms with Gasteiger partial charge in [-0.2, -0.15) is 5.10 Å². The van der Waals surface area contributed by atoms with Crippen molar-refractivity contribution in [1.82, 2.24) is 14.7 Å². The van der Waals surface area contributed by atoms with Gasteiger partial charge < -0.3 is 24.3 Å². The number of aromatic carboxylic acids is 1. The first-order valence-electron chi connectivity index (χ1n) is 11.7. The van der Waals surface area contributed by atoms with Gasteiger partial charge in [0.2, 0.25) is 5.91 Å². The number of benzene rings is 3. The monoisotopic (exact) mass is 498 g/mol. The van der Waals surface area contributed by atoms with Crippen LogP contribution >= 0.6 is 0 Å². The number of amides is 1. The lowest BCUT2D eigenvalue weighted by atomic mass is 9.87. The SMILES string of the molecule is COc1cc2c(cc1OC)[C@H](c1ccccc1)N(C(=O)Cn1nc(C(=O)[O-])c3ccccc3c1=O)CC2. The Morgan fingerprint density at radius 1 is 0.973 bits per heavy atom. The van der Waals surface area contributed by atoms with Crippen molar-refractivity contribution in [3.8, 4) is 11.5 Å². The molecule has 0 fully saturated rings. The average molecular weight is 499 g/mol. The number of carbonyl (C=O) groups is 2. The lowest BCUT2D eigenvalue weighted by molar-refractivity contribution is -0.255. The quantitative estimate of drug-likeness (QED) is 0.399. The van der Waals surface area contributed by atoms with Crippen LogP contribution in [0.4, 0.5) is 0 Å². The highest BCUT2D eigenvalue weighted by Gasteiger charge is 2.33. The maximum atomic E-state index is 13.7. The van der Waals surface area contributed by atoms with Crippen molar-refractivity contribution in [3.63, 3.8) is 0 Å². The minimum absolute atomic E-state index is 0.157. The van der Waals surface area contributed by atoms with E-state index in [0.717, 1.165) is 21.4 Å². The minimum Gasteiger partial charge on any atom is -0.543 e. The molecule has 0 saturated heterocycles. The Balaban J connectivity index is 1.58. The van der Waals surface area contributed by atoms with E-state index in [-0.39, 0.29) is 22.4 Å². The van der Waals surface area contributed by atoms with Crippen LogP contribution in [0.1, 0.15) is 33.2 Å². The van der Waals surface area contributed by atoms with Crippen molar-refractivity contribution in [2.45, 2.75) is 19.0 Å². The normalized spacial score (nSPS) is 14.8. The molecule has 3 aromatic carbocycles. The number of carboxylic acid groups (broad SMARTS) is 1. The van der Waals surface area contributed by atoms with Gasteiger partial charge in [0.25, 0.3) is 5.56 Å². The minimum atomic E-state index is -1.52. The second-order valence-electron chi connectivity index (χ2n) is 8.70. The lowest BCUT2D eigenvalue weighted by Gasteiger charge is -2.38. The predicted octanol–water partition coefficient (Wildman–Crippen LogP) is 1.95. The molecule has 0 saturated carbocycles. The second-order valence-corrected chi connectivity index (χ2v) is 8.70. The van der Waals surface area contributed by atoms with Crippen LogP contribution in [0.5, 0.6) is 11.5 Å². The van der Waals surface area contributed by atoms with Crippen LogP contribution in [-0.2, 0) is 17.8 Å². The van der Waals surface area contributed by atoms with E-state index in [9.17, 15) is 19.5 Å². The molecular weight excluding hydrogens is 474 g/mol. The van der Waals surface area contributed by atoms with Gasteiger partial charge in [0.15, 0.2) is 11.5 Å². The van der Waals surface area contributed by atoms with Crippen LogP contribution in [-0.4, -0.2) is 47.3 Å². The van der Waals surface area contributed by atoms with Crippen LogP contribution in [0.2, 0.25) is 0 Å². The third-order valence-corrected chi connectivity index (χ3v) is 6.66. The summed E-state index contributed by atoms with van der Waals surface area (Å²) < 4.78 is 11.9. The van der Waals surface area contributed by atoms with Crippen LogP contribution < -0.4 is 20.1 Å². The van der Waals surface area contributed by atoms with E-state index in [2.05, 4.69) is 5.10 Å². The van der Waals surface area contributed by atoms with E-state index in [4.69, 9.17) is 9.47 Å². The summed E-state index contributed by atoms with van der Waals surface area (Å²) in [7, 11) is 3.13. The molecule has 0 bridgehead atoms. The van der Waals surface area contributed by atoms with Crippen molar-refractivity contribution in [2.75, 3.05) is 20.8 Å². The second kappa shape index (κ2) is 9.77. The van der Waals surface area contributed by atoms with Crippen molar-refractivity contribution in [3.05, 3.63) is 99.5 Å². The number of carbonyl (C=O) groups excluding carboxylic acids is 2. The summed E-state index contributed by atoms with van der Waals surface area (Å²) >= 11 is 0. The number of methoxy groups -OCH3 is 2. The summed E-state index contributed by atoms with van der Waals surface area (Å²) in [5, 5.41) is 16.1. The van der Waals surface area contributed by atoms with Gasteiger partial charge in [-0.1, -0.05) is 48.5 Å². The lowest BCUT2D eigenvalue weighted by Crippen LogP contribution is -2.44. The summed E-state index contributed by atoms with van der Waals surface area (Å²) in [4.78, 5) is 40.3. The number of hydrogen-bond donors (Lipinski definition) is 0. The smallest absolute Gasteiger partial charge is 0.275 e. The highest BCUT2D eigenvalue weighted by atomic mass is 16.5. The van der Waals surface area contributed by atoms with Crippen molar-refractivity contribution in [2.24, 2.45) is 0 Å². The Bertz CT molecular complexity index is 1560. The Hall–Kier alpha value is -4.66. The molecule has 2 heterocycles. The van der Waals surface area contributed by atoms with Crippen LogP contribution in [0, 0.1) is 0 Å². The first kappa shape index (κ1) is 24.1. The zero-order valence-corrected chi connectivity index (χ0v) is 20.3. The van der Waals surface area contributed by atoms with Gasteiger partial charge in [-0.3, -0.25) is 9.59 Å². The van der Waals surface area contributed by atoms with Gasteiger partial charge >= 0.3 is 0 Å². The fourth-order valence-corrected chi connectivity index (χ4v) is 4.92. The molecule has 0 radical (unpaired) electrons. The Morgan fingerprint density at radius 2 is 1.62 bits per heavy atom. The third-order valence-electron chi connectivity index (χ3n) is 6.66. The molecule has 0 spiro atoms. The van der Waals surface area contributed by atoms with Gasteiger partial charge in [0.1, 0.15) is 12.2 Å². The van der Waals surface area contributed by atoms with Crippen molar-refractivity contribution < 1.29 is 24.2 Å². The molecular formula is C28H24N3O6-. The molecule has 0 N–H and O–H groups in total. The molecule has 1 amide bonds. The largest absolute Gasteiger partial charge is 0.543 e. The summed E-state index contributed by atoms with van der Waals surface area (Å²) in [5.41, 5.74) is 1.86. The van der Waals surface area contributed by atoms with Gasteiger partial charge in [0, 0.05) is 11.9 Å². The number of fused-ring (bicyclic) bond motifs is 2. The topological polar surface area (TPSA) is 114 Å². The first-order chi connectivity index (χ1) is 17.9. The average Bonchev–Trinajstić information content (AvgIpc) is 2.93. The van der Waals surface area contributed by atoms with Crippen LogP contribution in [0.25, 0.3) is 10.8 Å². The Morgan fingerprint density at radius 3 is 2.30 bits per heavy atom. The highest BCUT2D eigenvalue weighted by Crippen LogP contribution is 2.41. The molecule has 37 heavy (non-hydrogen) atoms. The van der Waals surface area contributed by atoms with Crippen molar-refractivity contribution in [1.29, 1.82) is 0 Å². The molecule has 4 aromatic rings. The van der Waals surface area contributed by atoms with Gasteiger partial charge in [-0.25, -0.2) is 4.68 Å². The molecule has 0 unspecified atom stereocenters. The van der Waals surface area contributed by atoms with E-state index in [1.807, 2.05) is 42.5 Å². The number of aromatic nitrogens is 2. The van der Waals surface area contributed by atoms with Gasteiger partial charge in [0.05, 0.1) is 31.6 Å². The molecule has 1 aromatic heterocycles. The maximum absolute atomic E-state index is 13.7. The molecule has 1 aliphatic rings. The van der Waals surface area contributed by atoms with Crippen LogP contribution in [0.15, 0.2) is 71.5 Å². The number of rotatable bonds is 6. The zero-order chi connectivity index (χ0) is 26.1. The first-order valence-corrected chi connectivity index (χ1v) is 11.7. The fourth-order valence-electron chi connectivity index (χ4n) is 4.92. The van der Waals surface area contributed by atoms with E-state index in [1.54, 1.807) is 31.3 Å². The number of nitrogens with zero attached hydrogens (tertiary/aromatic N) is 3. The fraction of sp³-hybridized carbons (Fsp3) is 0.214. The molecule has 188 valence electrons. The van der Waals surface area contributed by atoms with E-state index in [1.165, 1.54) is 12.1 Å². The van der Waals surface area contributed by atoms with E-state index in [0.29, 0.717) is 24.5 Å². The molecule has 0 aliphatic carbocycles. The Labute approximate surface area is 212 Å². The molecule has 5 rings (SSSR count). The Kier molecular flexibility index (Phi) is 6.35. The molecule has 9 heteroatoms. The summed E-state index contributed by atoms with van der Waals surface area (Å²) in [6.07, 6.45) is 0.565. The molecule has 1 aliphatic heterocycles. The summed E-state index contributed by atoms with van der Waals surface area (Å²) in [6, 6.07) is 19.2. The number of ether oxygens (including phenoxy) is 2. The number of carboxylic acids is 1. The standard InChI is InChI=1S/C28H25N3O6/c1-36-22-14-18-12-13-30(26(17-8-4-3-5-9-17)21(18)15-23(22)37-2)24(32)16-31-27(33)20-11-7-6-10-19(20)25(29-31)28(34)35/h3-11,14-15,26H,12-13,16H2,1-2H3,(H,34,35)/p-1/t26-/m0/s1. The van der Waals surface area contributed by atoms with Gasteiger partial charge in [-0.15, -0.1) is 0 Å². The molecule has 1 atom stereocenters. The van der Waals surface area contributed by atoms with E-state index >= 15 is 0 Å².